The first kappa shape index (κ1) is 28.4. The zero-order valence-corrected chi connectivity index (χ0v) is 18.6. The molecule has 2 aliphatic heterocycles. The second-order valence-electron chi connectivity index (χ2n) is 6.50. The summed E-state index contributed by atoms with van der Waals surface area (Å²) < 4.78 is 0. The van der Waals surface area contributed by atoms with Gasteiger partial charge in [-0.3, -0.25) is 0 Å². The van der Waals surface area contributed by atoms with E-state index in [9.17, 15) is 0 Å². The van der Waals surface area contributed by atoms with Crippen molar-refractivity contribution in [2.24, 2.45) is 0 Å². The summed E-state index contributed by atoms with van der Waals surface area (Å²) >= 11 is 0. The van der Waals surface area contributed by atoms with E-state index in [1.165, 1.54) is 63.2 Å². The molecule has 0 radical (unpaired) electrons. The van der Waals surface area contributed by atoms with Crippen LogP contribution in [0.15, 0.2) is 24.3 Å². The monoisotopic (exact) mass is 446 g/mol. The average Bonchev–Trinajstić information content (AvgIpc) is 2.61. The van der Waals surface area contributed by atoms with Gasteiger partial charge in [-0.25, -0.2) is 0 Å². The molecule has 3 rings (SSSR count). The molecule has 0 aliphatic carbocycles. The van der Waals surface area contributed by atoms with E-state index < -0.39 is 0 Å². The second kappa shape index (κ2) is 16.2. The van der Waals surface area contributed by atoms with Crippen molar-refractivity contribution in [3.05, 3.63) is 35.4 Å². The van der Waals surface area contributed by atoms with Gasteiger partial charge in [-0.2, -0.15) is 0 Å². The van der Waals surface area contributed by atoms with E-state index in [0.29, 0.717) is 0 Å². The second-order valence-corrected chi connectivity index (χ2v) is 6.50. The van der Waals surface area contributed by atoms with Crippen molar-refractivity contribution in [2.75, 3.05) is 65.4 Å². The Labute approximate surface area is 183 Å². The van der Waals surface area contributed by atoms with Gasteiger partial charge >= 0.3 is 0 Å². The minimum Gasteiger partial charge on any atom is -0.314 e. The summed E-state index contributed by atoms with van der Waals surface area (Å²) in [5, 5.41) is 6.82. The summed E-state index contributed by atoms with van der Waals surface area (Å²) in [5.41, 5.74) is 2.95. The van der Waals surface area contributed by atoms with Crippen LogP contribution in [0.1, 0.15) is 11.1 Å². The summed E-state index contributed by atoms with van der Waals surface area (Å²) in [5.74, 6) is 0. The third kappa shape index (κ3) is 9.95. The van der Waals surface area contributed by atoms with Crippen LogP contribution in [0, 0.1) is 0 Å². The van der Waals surface area contributed by atoms with Gasteiger partial charge in [-0.15, -0.1) is 49.6 Å². The van der Waals surface area contributed by atoms with Crippen LogP contribution in [0.3, 0.4) is 0 Å². The highest BCUT2D eigenvalue weighted by molar-refractivity contribution is 5.86. The number of piperazine rings is 2. The van der Waals surface area contributed by atoms with Crippen LogP contribution in [0.25, 0.3) is 0 Å². The fourth-order valence-electron chi connectivity index (χ4n) is 3.32. The minimum absolute atomic E-state index is 0. The normalized spacial score (nSPS) is 17.8. The van der Waals surface area contributed by atoms with E-state index in [1.54, 1.807) is 0 Å². The molecule has 2 aliphatic rings. The molecule has 0 saturated carbocycles. The van der Waals surface area contributed by atoms with E-state index in [2.05, 4.69) is 44.7 Å². The number of hydrogen-bond donors (Lipinski definition) is 2. The zero-order chi connectivity index (χ0) is 15.0. The zero-order valence-electron chi connectivity index (χ0n) is 15.3. The van der Waals surface area contributed by atoms with Gasteiger partial charge in [-0.1, -0.05) is 24.3 Å². The number of hydrogen-bond acceptors (Lipinski definition) is 4. The number of nitrogens with one attached hydrogen (secondary N) is 2. The molecule has 0 unspecified atom stereocenters. The van der Waals surface area contributed by atoms with Gasteiger partial charge in [-0.05, 0) is 24.0 Å². The molecule has 26 heavy (non-hydrogen) atoms. The highest BCUT2D eigenvalue weighted by Gasteiger charge is 2.10. The molecule has 2 fully saturated rings. The van der Waals surface area contributed by atoms with E-state index in [4.69, 9.17) is 0 Å². The first-order valence-electron chi connectivity index (χ1n) is 8.84. The molecule has 154 valence electrons. The molecule has 0 spiro atoms. The predicted molar refractivity (Wildman–Crippen MR) is 121 cm³/mol. The molecule has 1 aromatic carbocycles. The lowest BCUT2D eigenvalue weighted by molar-refractivity contribution is 0.243. The SMILES string of the molecule is Cl.Cl.Cl.Cl.c1cc(CCN2CCNCC2)ccc1CCN1CCNCC1. The van der Waals surface area contributed by atoms with Crippen LogP contribution < -0.4 is 10.6 Å². The molecule has 0 bridgehead atoms. The minimum atomic E-state index is 0. The van der Waals surface area contributed by atoms with Crippen LogP contribution in [-0.4, -0.2) is 75.2 Å². The Bertz CT molecular complexity index is 394. The van der Waals surface area contributed by atoms with Crippen LogP contribution in [0.2, 0.25) is 0 Å². The highest BCUT2D eigenvalue weighted by Crippen LogP contribution is 2.08. The molecule has 1 aromatic rings. The lowest BCUT2D eigenvalue weighted by atomic mass is 10.1. The van der Waals surface area contributed by atoms with Gasteiger partial charge in [0.15, 0.2) is 0 Å². The molecule has 0 atom stereocenters. The molecule has 0 amide bonds. The first-order valence-corrected chi connectivity index (χ1v) is 8.84. The maximum atomic E-state index is 3.41. The van der Waals surface area contributed by atoms with E-state index in [1.807, 2.05) is 0 Å². The van der Waals surface area contributed by atoms with Crippen LogP contribution in [0.4, 0.5) is 0 Å². The summed E-state index contributed by atoms with van der Waals surface area (Å²) in [6, 6.07) is 9.31. The molecule has 4 nitrogen and oxygen atoms in total. The quantitative estimate of drug-likeness (QED) is 0.700. The topological polar surface area (TPSA) is 30.5 Å². The third-order valence-corrected chi connectivity index (χ3v) is 4.88. The maximum absolute atomic E-state index is 3.41. The number of nitrogens with zero attached hydrogens (tertiary/aromatic N) is 2. The molecule has 2 N–H and O–H groups in total. The van der Waals surface area contributed by atoms with Gasteiger partial charge in [0.25, 0.3) is 0 Å². The van der Waals surface area contributed by atoms with Crippen molar-refractivity contribution in [1.82, 2.24) is 20.4 Å². The Hall–Kier alpha value is 0.220. The van der Waals surface area contributed by atoms with Crippen molar-refractivity contribution in [3.8, 4) is 0 Å². The fourth-order valence-corrected chi connectivity index (χ4v) is 3.32. The van der Waals surface area contributed by atoms with Crippen LogP contribution >= 0.6 is 49.6 Å². The van der Waals surface area contributed by atoms with Gasteiger partial charge < -0.3 is 20.4 Å². The van der Waals surface area contributed by atoms with Crippen molar-refractivity contribution in [2.45, 2.75) is 12.8 Å². The van der Waals surface area contributed by atoms with Crippen molar-refractivity contribution in [1.29, 1.82) is 0 Å². The van der Waals surface area contributed by atoms with Gasteiger partial charge in [0.05, 0.1) is 0 Å². The standard InChI is InChI=1S/C18H30N4.4ClH/c1-2-18(6-12-22-15-9-20-10-16-22)4-3-17(1)5-11-21-13-7-19-8-14-21;;;;/h1-4,19-20H,5-16H2;4*1H. The highest BCUT2D eigenvalue weighted by atomic mass is 35.5. The van der Waals surface area contributed by atoms with Crippen LogP contribution in [-0.2, 0) is 12.8 Å². The first-order chi connectivity index (χ1) is 10.9. The van der Waals surface area contributed by atoms with Crippen LogP contribution in [0.5, 0.6) is 0 Å². The molecular weight excluding hydrogens is 414 g/mol. The van der Waals surface area contributed by atoms with Crippen molar-refractivity contribution in [3.63, 3.8) is 0 Å². The van der Waals surface area contributed by atoms with Gasteiger partial charge in [0.2, 0.25) is 0 Å². The third-order valence-electron chi connectivity index (χ3n) is 4.88. The largest absolute Gasteiger partial charge is 0.314 e. The predicted octanol–water partition coefficient (Wildman–Crippen LogP) is 2.27. The Morgan fingerprint density at radius 1 is 0.577 bits per heavy atom. The number of benzene rings is 1. The number of halogens is 4. The van der Waals surface area contributed by atoms with Gasteiger partial charge in [0, 0.05) is 65.4 Å². The Balaban J connectivity index is 0. The summed E-state index contributed by atoms with van der Waals surface area (Å²) in [4.78, 5) is 5.13. The summed E-state index contributed by atoms with van der Waals surface area (Å²) in [6.07, 6.45) is 2.36. The van der Waals surface area contributed by atoms with E-state index in [-0.39, 0.29) is 49.6 Å². The van der Waals surface area contributed by atoms with Crippen molar-refractivity contribution < 1.29 is 0 Å². The van der Waals surface area contributed by atoms with E-state index in [0.717, 1.165) is 26.2 Å². The average molecular weight is 448 g/mol. The van der Waals surface area contributed by atoms with E-state index >= 15 is 0 Å². The molecule has 0 aromatic heterocycles. The molecule has 2 saturated heterocycles. The number of rotatable bonds is 6. The Morgan fingerprint density at radius 2 is 0.885 bits per heavy atom. The summed E-state index contributed by atoms with van der Waals surface area (Å²) in [6.45, 7) is 11.8. The lowest BCUT2D eigenvalue weighted by Gasteiger charge is -2.27. The molecule has 2 heterocycles. The Morgan fingerprint density at radius 3 is 1.19 bits per heavy atom. The smallest absolute Gasteiger partial charge is 0.0108 e. The van der Waals surface area contributed by atoms with Crippen molar-refractivity contribution >= 4 is 49.6 Å². The Kier molecular flexibility index (Phi) is 17.7. The summed E-state index contributed by atoms with van der Waals surface area (Å²) in [7, 11) is 0. The lowest BCUT2D eigenvalue weighted by Crippen LogP contribution is -2.44. The molecule has 8 heteroatoms. The van der Waals surface area contributed by atoms with Gasteiger partial charge in [0.1, 0.15) is 0 Å². The molecular formula is C18H34Cl4N4. The maximum Gasteiger partial charge on any atom is 0.0108 e. The fraction of sp³-hybridized carbons (Fsp3) is 0.667.